The van der Waals surface area contributed by atoms with Crippen molar-refractivity contribution in [3.05, 3.63) is 108 Å². The molecule has 0 aliphatic rings. The highest BCUT2D eigenvalue weighted by molar-refractivity contribution is 5.97. The molecule has 0 aliphatic heterocycles. The summed E-state index contributed by atoms with van der Waals surface area (Å²) < 4.78 is 0. The average Bonchev–Trinajstić information content (AvgIpc) is 3.88. The number of nitrogens with zero attached hydrogens (tertiary/aromatic N) is 4. The molecule has 2 aromatic carbocycles. The van der Waals surface area contributed by atoms with E-state index >= 15 is 0 Å². The molecular formula is C37H49N9O2. The number of aromatic nitrogens is 5. The Morgan fingerprint density at radius 1 is 0.812 bits per heavy atom. The van der Waals surface area contributed by atoms with E-state index in [2.05, 4.69) is 65.3 Å². The summed E-state index contributed by atoms with van der Waals surface area (Å²) in [6, 6.07) is 15.1. The van der Waals surface area contributed by atoms with E-state index in [4.69, 9.17) is 0 Å². The zero-order valence-corrected chi connectivity index (χ0v) is 28.2. The molecule has 254 valence electrons. The topological polar surface area (TPSA) is 138 Å². The Morgan fingerprint density at radius 3 is 2.15 bits per heavy atom. The van der Waals surface area contributed by atoms with Crippen molar-refractivity contribution in [2.45, 2.75) is 71.6 Å². The van der Waals surface area contributed by atoms with Crippen LogP contribution in [0.2, 0.25) is 0 Å². The molecule has 48 heavy (non-hydrogen) atoms. The molecule has 3 heterocycles. The Balaban J connectivity index is 1.20. The van der Waals surface area contributed by atoms with Crippen LogP contribution in [0.4, 0.5) is 0 Å². The van der Waals surface area contributed by atoms with Crippen LogP contribution >= 0.6 is 0 Å². The zero-order chi connectivity index (χ0) is 33.6. The van der Waals surface area contributed by atoms with Crippen LogP contribution in [-0.2, 0) is 30.8 Å². The van der Waals surface area contributed by atoms with Gasteiger partial charge in [-0.1, -0.05) is 44.2 Å². The van der Waals surface area contributed by atoms with Gasteiger partial charge in [-0.3, -0.25) is 14.5 Å². The van der Waals surface area contributed by atoms with Crippen LogP contribution in [0.15, 0.2) is 79.5 Å². The van der Waals surface area contributed by atoms with Crippen LogP contribution in [0.1, 0.15) is 72.7 Å². The lowest BCUT2D eigenvalue weighted by molar-refractivity contribution is -0.123. The van der Waals surface area contributed by atoms with Gasteiger partial charge in [0.05, 0.1) is 13.1 Å². The van der Waals surface area contributed by atoms with Crippen molar-refractivity contribution in [1.29, 1.82) is 0 Å². The molecule has 0 fully saturated rings. The number of aromatic amines is 3. The number of para-hydroxylation sites is 1. The SMILES string of the molecule is CCCN(CCC)CCC[C@H](NC(=O)c1ccc(CN(Cc2ncc[nH]2)Cc2ncc[nH]2)cc1)C(=O)NCCc1c[nH]c2ccccc12. The fourth-order valence-electron chi connectivity index (χ4n) is 6.16. The number of amides is 2. The molecule has 0 saturated heterocycles. The second-order valence-corrected chi connectivity index (χ2v) is 12.3. The van der Waals surface area contributed by atoms with Crippen molar-refractivity contribution in [2.75, 3.05) is 26.2 Å². The van der Waals surface area contributed by atoms with Gasteiger partial charge in [0.15, 0.2) is 0 Å². The molecule has 5 rings (SSSR count). The van der Waals surface area contributed by atoms with E-state index in [1.807, 2.05) is 61.1 Å². The predicted molar refractivity (Wildman–Crippen MR) is 189 cm³/mol. The van der Waals surface area contributed by atoms with E-state index in [1.54, 1.807) is 12.4 Å². The van der Waals surface area contributed by atoms with Gasteiger partial charge in [0.1, 0.15) is 17.7 Å². The minimum absolute atomic E-state index is 0.149. The second kappa shape index (κ2) is 18.0. The van der Waals surface area contributed by atoms with E-state index in [1.165, 1.54) is 0 Å². The van der Waals surface area contributed by atoms with Gasteiger partial charge in [-0.25, -0.2) is 9.97 Å². The highest BCUT2D eigenvalue weighted by Crippen LogP contribution is 2.18. The summed E-state index contributed by atoms with van der Waals surface area (Å²) in [6.07, 6.45) is 13.4. The van der Waals surface area contributed by atoms with Gasteiger partial charge in [-0.15, -0.1) is 0 Å². The molecule has 5 aromatic rings. The predicted octanol–water partition coefficient (Wildman–Crippen LogP) is 5.18. The fourth-order valence-corrected chi connectivity index (χ4v) is 6.16. The van der Waals surface area contributed by atoms with Crippen molar-refractivity contribution in [3.8, 4) is 0 Å². The summed E-state index contributed by atoms with van der Waals surface area (Å²) in [7, 11) is 0. The third-order valence-corrected chi connectivity index (χ3v) is 8.52. The molecule has 3 aromatic heterocycles. The van der Waals surface area contributed by atoms with Crippen LogP contribution in [0.5, 0.6) is 0 Å². The first-order valence-electron chi connectivity index (χ1n) is 17.2. The van der Waals surface area contributed by atoms with Crippen molar-refractivity contribution in [1.82, 2.24) is 45.4 Å². The van der Waals surface area contributed by atoms with Crippen LogP contribution in [-0.4, -0.2) is 78.8 Å². The number of hydrogen-bond acceptors (Lipinski definition) is 6. The monoisotopic (exact) mass is 651 g/mol. The lowest BCUT2D eigenvalue weighted by Crippen LogP contribution is -2.47. The molecule has 0 unspecified atom stereocenters. The summed E-state index contributed by atoms with van der Waals surface area (Å²) in [6.45, 7) is 9.74. The number of fused-ring (bicyclic) bond motifs is 1. The molecule has 1 atom stereocenters. The minimum Gasteiger partial charge on any atom is -0.361 e. The van der Waals surface area contributed by atoms with Crippen LogP contribution in [0.25, 0.3) is 10.9 Å². The van der Waals surface area contributed by atoms with Gasteiger partial charge < -0.3 is 30.5 Å². The lowest BCUT2D eigenvalue weighted by atomic mass is 10.1. The van der Waals surface area contributed by atoms with E-state index in [0.717, 1.165) is 72.6 Å². The molecule has 0 saturated carbocycles. The van der Waals surface area contributed by atoms with Crippen LogP contribution in [0.3, 0.4) is 0 Å². The van der Waals surface area contributed by atoms with Gasteiger partial charge in [0.25, 0.3) is 5.91 Å². The highest BCUT2D eigenvalue weighted by atomic mass is 16.2. The maximum absolute atomic E-state index is 13.5. The van der Waals surface area contributed by atoms with Crippen molar-refractivity contribution >= 4 is 22.7 Å². The normalized spacial score (nSPS) is 12.2. The van der Waals surface area contributed by atoms with Gasteiger partial charge >= 0.3 is 0 Å². The van der Waals surface area contributed by atoms with Crippen molar-refractivity contribution < 1.29 is 9.59 Å². The van der Waals surface area contributed by atoms with Gasteiger partial charge in [0.2, 0.25) is 5.91 Å². The maximum Gasteiger partial charge on any atom is 0.251 e. The van der Waals surface area contributed by atoms with E-state index in [-0.39, 0.29) is 11.8 Å². The number of hydrogen-bond donors (Lipinski definition) is 5. The highest BCUT2D eigenvalue weighted by Gasteiger charge is 2.22. The Bertz CT molecular complexity index is 1620. The number of benzene rings is 2. The number of imidazole rings is 2. The summed E-state index contributed by atoms with van der Waals surface area (Å²) in [5.74, 6) is 1.34. The number of carbonyl (C=O) groups excluding carboxylic acids is 2. The number of nitrogens with one attached hydrogen (secondary N) is 5. The Morgan fingerprint density at radius 2 is 1.50 bits per heavy atom. The molecule has 2 amide bonds. The van der Waals surface area contributed by atoms with E-state index in [9.17, 15) is 9.59 Å². The Kier molecular flexibility index (Phi) is 13.0. The van der Waals surface area contributed by atoms with E-state index in [0.29, 0.717) is 44.6 Å². The van der Waals surface area contributed by atoms with Gasteiger partial charge in [0, 0.05) is 60.5 Å². The molecular weight excluding hydrogens is 602 g/mol. The first-order chi connectivity index (χ1) is 23.5. The average molecular weight is 652 g/mol. The van der Waals surface area contributed by atoms with Crippen molar-refractivity contribution in [3.63, 3.8) is 0 Å². The smallest absolute Gasteiger partial charge is 0.251 e. The standard InChI is InChI=1S/C37H49N9O2/c1-3-21-45(22-4-2)23-7-10-33(37(48)42-16-15-30-24-43-32-9-6-5-8-31(30)32)44-36(47)29-13-11-28(12-14-29)25-46(26-34-38-17-18-39-34)27-35-40-19-20-41-35/h5-6,8-9,11-14,17-20,24,33,43H,3-4,7,10,15-16,21-23,25-27H2,1-2H3,(H,38,39)(H,40,41)(H,42,48)(H,44,47)/t33-/m0/s1. The first kappa shape index (κ1) is 34.6. The van der Waals surface area contributed by atoms with Gasteiger partial charge in [-0.05, 0) is 81.1 Å². The Labute approximate surface area is 282 Å². The third-order valence-electron chi connectivity index (χ3n) is 8.52. The number of rotatable bonds is 20. The van der Waals surface area contributed by atoms with Crippen LogP contribution in [0, 0.1) is 0 Å². The molecule has 0 aliphatic carbocycles. The lowest BCUT2D eigenvalue weighted by Gasteiger charge is -2.23. The molecule has 5 N–H and O–H groups in total. The largest absolute Gasteiger partial charge is 0.361 e. The van der Waals surface area contributed by atoms with Crippen LogP contribution < -0.4 is 10.6 Å². The van der Waals surface area contributed by atoms with Crippen molar-refractivity contribution in [2.24, 2.45) is 0 Å². The third kappa shape index (κ3) is 10.1. The maximum atomic E-state index is 13.5. The molecule has 0 radical (unpaired) electrons. The number of H-pyrrole nitrogens is 3. The quantitative estimate of drug-likeness (QED) is 0.0787. The molecule has 0 spiro atoms. The second-order valence-electron chi connectivity index (χ2n) is 12.3. The summed E-state index contributed by atoms with van der Waals surface area (Å²) in [5, 5.41) is 7.31. The summed E-state index contributed by atoms with van der Waals surface area (Å²) in [4.78, 5) is 50.1. The minimum atomic E-state index is -0.623. The fraction of sp³-hybridized carbons (Fsp3) is 0.405. The summed E-state index contributed by atoms with van der Waals surface area (Å²) >= 11 is 0. The van der Waals surface area contributed by atoms with Gasteiger partial charge in [-0.2, -0.15) is 0 Å². The molecule has 0 bridgehead atoms. The van der Waals surface area contributed by atoms with E-state index < -0.39 is 6.04 Å². The Hall–Kier alpha value is -4.74. The first-order valence-corrected chi connectivity index (χ1v) is 17.2. The molecule has 11 heteroatoms. The zero-order valence-electron chi connectivity index (χ0n) is 28.2. The molecule has 11 nitrogen and oxygen atoms in total. The number of carbonyl (C=O) groups is 2. The summed E-state index contributed by atoms with van der Waals surface area (Å²) in [5.41, 5.74) is 3.83.